The SMILES string of the molecule is CCCCCCCCCCCCCCc1cc(S(=O)(=O)O)cc(O)c1Oc1ccccc1.CCCCCCCCCCCCCCc1cc(S(=O)(=O)[O-])cc([O-])c1Oc1ccccc1.[Ca+2]. The third kappa shape index (κ3) is 24.7. The van der Waals surface area contributed by atoms with Crippen LogP contribution in [0.3, 0.4) is 0 Å². The fourth-order valence-electron chi connectivity index (χ4n) is 7.70. The number of phenolic OH excluding ortho intramolecular Hbond substituents is 1. The Morgan fingerprint density at radius 2 is 0.815 bits per heavy atom. The van der Waals surface area contributed by atoms with Gasteiger partial charge in [-0.3, -0.25) is 4.55 Å². The van der Waals surface area contributed by atoms with Crippen LogP contribution in [0, 0.1) is 0 Å². The van der Waals surface area contributed by atoms with Crippen molar-refractivity contribution in [2.24, 2.45) is 0 Å². The van der Waals surface area contributed by atoms with Crippen molar-refractivity contribution in [1.29, 1.82) is 0 Å². The summed E-state index contributed by atoms with van der Waals surface area (Å²) in [5.74, 6) is 0.521. The van der Waals surface area contributed by atoms with Crippen molar-refractivity contribution in [3.8, 4) is 34.5 Å². The molecule has 0 amide bonds. The van der Waals surface area contributed by atoms with Gasteiger partial charge in [-0.25, -0.2) is 8.42 Å². The molecule has 0 radical (unpaired) electrons. The molecule has 0 fully saturated rings. The van der Waals surface area contributed by atoms with Gasteiger partial charge in [-0.05, 0) is 73.7 Å². The number of para-hydroxylation sites is 2. The summed E-state index contributed by atoms with van der Waals surface area (Å²) < 4.78 is 78.5. The van der Waals surface area contributed by atoms with E-state index in [1.165, 1.54) is 128 Å². The summed E-state index contributed by atoms with van der Waals surface area (Å²) in [6.45, 7) is 4.48. The molecule has 356 valence electrons. The van der Waals surface area contributed by atoms with Crippen LogP contribution in [0.2, 0.25) is 0 Å². The molecule has 0 unspecified atom stereocenters. The van der Waals surface area contributed by atoms with Gasteiger partial charge in [0.1, 0.15) is 27.4 Å². The number of ether oxygens (including phenoxy) is 2. The van der Waals surface area contributed by atoms with Crippen LogP contribution in [-0.2, 0) is 33.1 Å². The first-order valence-corrected chi connectivity index (χ1v) is 26.8. The van der Waals surface area contributed by atoms with E-state index in [1.807, 2.05) is 24.3 Å². The summed E-state index contributed by atoms with van der Waals surface area (Å²) in [5, 5.41) is 22.9. The van der Waals surface area contributed by atoms with Gasteiger partial charge in [-0.15, -0.1) is 0 Å². The third-order valence-electron chi connectivity index (χ3n) is 11.3. The van der Waals surface area contributed by atoms with Crippen LogP contribution >= 0.6 is 0 Å². The van der Waals surface area contributed by atoms with Crippen LogP contribution in [0.4, 0.5) is 0 Å². The number of phenols is 1. The fourth-order valence-corrected chi connectivity index (χ4v) is 8.79. The summed E-state index contributed by atoms with van der Waals surface area (Å²) in [7, 11) is -9.11. The average molecular weight is 963 g/mol. The van der Waals surface area contributed by atoms with Crippen LogP contribution in [0.5, 0.6) is 34.5 Å². The summed E-state index contributed by atoms with van der Waals surface area (Å²) in [6.07, 6.45) is 30.5. The van der Waals surface area contributed by atoms with Gasteiger partial charge >= 0.3 is 37.7 Å². The van der Waals surface area contributed by atoms with Crippen molar-refractivity contribution < 1.29 is 45.6 Å². The molecule has 2 N–H and O–H groups in total. The molecule has 0 aliphatic carbocycles. The molecule has 0 spiro atoms. The standard InChI is InChI=1S/2C26H38O5S.Ca/c2*1-2-3-4-5-6-7-8-9-10-11-12-14-17-22-20-24(32(28,29)30)21-25(27)26(22)31-23-18-15-13-16-19-23;/h2*13,15-16,18-21,27H,2-12,14,17H2,1H3,(H,28,29,30);/q;;+2/p-2. The second kappa shape index (κ2) is 33.6. The van der Waals surface area contributed by atoms with Crippen molar-refractivity contribution in [3.63, 3.8) is 0 Å². The predicted molar refractivity (Wildman–Crippen MR) is 260 cm³/mol. The number of aromatic hydroxyl groups is 1. The predicted octanol–water partition coefficient (Wildman–Crippen LogP) is 14.0. The summed E-state index contributed by atoms with van der Waals surface area (Å²) in [6, 6.07) is 22.5. The summed E-state index contributed by atoms with van der Waals surface area (Å²) in [4.78, 5) is -0.804. The zero-order chi connectivity index (χ0) is 46.5. The Bertz CT molecular complexity index is 1950. The molecule has 0 bridgehead atoms. The minimum absolute atomic E-state index is 0. The summed E-state index contributed by atoms with van der Waals surface area (Å²) >= 11 is 0. The van der Waals surface area contributed by atoms with E-state index in [1.54, 1.807) is 36.4 Å². The van der Waals surface area contributed by atoms with Gasteiger partial charge in [-0.1, -0.05) is 197 Å². The van der Waals surface area contributed by atoms with E-state index in [-0.39, 0.29) is 59.9 Å². The summed E-state index contributed by atoms with van der Waals surface area (Å²) in [5.41, 5.74) is 1.05. The van der Waals surface area contributed by atoms with Gasteiger partial charge in [0, 0.05) is 11.6 Å². The van der Waals surface area contributed by atoms with E-state index in [2.05, 4.69) is 13.8 Å². The van der Waals surface area contributed by atoms with Crippen LogP contribution in [0.25, 0.3) is 0 Å². The normalized spacial score (nSPS) is 11.4. The molecular weight excluding hydrogens is 889 g/mol. The van der Waals surface area contributed by atoms with E-state index in [4.69, 9.17) is 9.47 Å². The Balaban J connectivity index is 0.000000440. The average Bonchev–Trinajstić information content (AvgIpc) is 3.26. The number of aryl methyl sites for hydroxylation is 2. The minimum atomic E-state index is -4.70. The third-order valence-corrected chi connectivity index (χ3v) is 13.0. The molecule has 4 aromatic rings. The van der Waals surface area contributed by atoms with Gasteiger partial charge in [0.25, 0.3) is 10.1 Å². The number of hydrogen-bond acceptors (Lipinski definition) is 9. The van der Waals surface area contributed by atoms with Crippen molar-refractivity contribution in [3.05, 3.63) is 96.1 Å². The smallest absolute Gasteiger partial charge is 0.870 e. The molecule has 0 atom stereocenters. The van der Waals surface area contributed by atoms with E-state index >= 15 is 0 Å². The maximum Gasteiger partial charge on any atom is 2.00 e. The number of hydrogen-bond donors (Lipinski definition) is 2. The maximum absolute atomic E-state index is 12.5. The first-order chi connectivity index (χ1) is 30.8. The monoisotopic (exact) mass is 962 g/mol. The molecule has 0 aliphatic rings. The van der Waals surface area contributed by atoms with Crippen LogP contribution in [0.1, 0.15) is 179 Å². The Morgan fingerprint density at radius 1 is 0.477 bits per heavy atom. The minimum Gasteiger partial charge on any atom is -0.870 e. The molecule has 0 aliphatic heterocycles. The topological polar surface area (TPSA) is 173 Å². The van der Waals surface area contributed by atoms with E-state index in [0.29, 0.717) is 35.5 Å². The zero-order valence-corrected chi connectivity index (χ0v) is 43.0. The molecule has 0 saturated carbocycles. The molecule has 4 rings (SSSR count). The molecule has 0 heterocycles. The number of unbranched alkanes of at least 4 members (excludes halogenated alkanes) is 22. The Labute approximate surface area is 421 Å². The van der Waals surface area contributed by atoms with Crippen LogP contribution in [0.15, 0.2) is 94.7 Å². The second-order valence-electron chi connectivity index (χ2n) is 16.9. The fraction of sp³-hybridized carbons (Fsp3) is 0.538. The van der Waals surface area contributed by atoms with Crippen molar-refractivity contribution in [2.45, 2.75) is 191 Å². The second-order valence-corrected chi connectivity index (χ2v) is 19.7. The van der Waals surface area contributed by atoms with Gasteiger partial charge in [-0.2, -0.15) is 8.42 Å². The van der Waals surface area contributed by atoms with Crippen LogP contribution in [-0.4, -0.2) is 68.8 Å². The largest absolute Gasteiger partial charge is 2.00 e. The Kier molecular flexibility index (Phi) is 30.1. The van der Waals surface area contributed by atoms with Gasteiger partial charge in [0.05, 0.1) is 9.79 Å². The number of rotatable bonds is 32. The van der Waals surface area contributed by atoms with Crippen molar-refractivity contribution in [2.75, 3.05) is 0 Å². The maximum atomic E-state index is 12.5. The quantitative estimate of drug-likeness (QED) is 0.0272. The zero-order valence-electron chi connectivity index (χ0n) is 39.2. The Morgan fingerprint density at radius 3 is 1.18 bits per heavy atom. The molecule has 0 saturated heterocycles. The molecule has 0 aromatic heterocycles. The van der Waals surface area contributed by atoms with Gasteiger partial charge in [0.15, 0.2) is 11.5 Å². The van der Waals surface area contributed by atoms with Gasteiger partial charge < -0.3 is 24.2 Å². The van der Waals surface area contributed by atoms with Crippen molar-refractivity contribution in [1.82, 2.24) is 0 Å². The Hall–Kier alpha value is -2.84. The van der Waals surface area contributed by atoms with E-state index in [9.17, 15) is 36.2 Å². The first kappa shape index (κ1) is 58.3. The first-order valence-electron chi connectivity index (χ1n) is 23.9. The van der Waals surface area contributed by atoms with E-state index < -0.39 is 30.9 Å². The molecule has 65 heavy (non-hydrogen) atoms. The van der Waals surface area contributed by atoms with Crippen molar-refractivity contribution >= 4 is 58.0 Å². The van der Waals surface area contributed by atoms with Gasteiger partial charge in [0.2, 0.25) is 0 Å². The number of benzene rings is 4. The van der Waals surface area contributed by atoms with Crippen LogP contribution < -0.4 is 14.6 Å². The molecule has 13 heteroatoms. The molecular formula is C52H74CaO10S2. The molecule has 4 aromatic carbocycles. The van der Waals surface area contributed by atoms with E-state index in [0.717, 1.165) is 50.7 Å². The molecule has 10 nitrogen and oxygen atoms in total.